The van der Waals surface area contributed by atoms with E-state index in [-0.39, 0.29) is 0 Å². The number of aliphatic hydroxyl groups is 1. The Hall–Kier alpha value is -0.820. The number of aliphatic hydroxyl groups excluding tert-OH is 1. The zero-order chi connectivity index (χ0) is 10.0. The molecule has 0 amide bonds. The van der Waals surface area contributed by atoms with Crippen molar-refractivity contribution < 1.29 is 5.11 Å². The fourth-order valence-corrected chi connectivity index (χ4v) is 2.17. The second-order valence-corrected chi connectivity index (χ2v) is 4.72. The first-order chi connectivity index (χ1) is 6.74. The second kappa shape index (κ2) is 3.74. The van der Waals surface area contributed by atoms with Crippen LogP contribution in [-0.2, 0) is 6.42 Å². The van der Waals surface area contributed by atoms with Crippen molar-refractivity contribution in [1.82, 2.24) is 0 Å². The second-order valence-electron chi connectivity index (χ2n) is 4.72. The zero-order valence-electron chi connectivity index (χ0n) is 8.74. The van der Waals surface area contributed by atoms with Gasteiger partial charge in [-0.05, 0) is 36.2 Å². The number of rotatable bonds is 4. The monoisotopic (exact) mass is 190 g/mol. The fraction of sp³-hybridized carbons (Fsp3) is 0.538. The average molecular weight is 190 g/mol. The standard InChI is InChI=1S/C13H18O/c1-13(9-12(13)10-14)8-7-11-5-3-2-4-6-11/h2-6,12,14H,7-10H2,1H3/t12-,13-/m0/s1. The summed E-state index contributed by atoms with van der Waals surface area (Å²) in [6.45, 7) is 2.65. The van der Waals surface area contributed by atoms with Crippen LogP contribution in [0.25, 0.3) is 0 Å². The fourth-order valence-electron chi connectivity index (χ4n) is 2.17. The molecule has 1 aliphatic carbocycles. The van der Waals surface area contributed by atoms with Gasteiger partial charge in [-0.2, -0.15) is 0 Å². The van der Waals surface area contributed by atoms with Crippen molar-refractivity contribution in [3.63, 3.8) is 0 Å². The number of hydrogen-bond acceptors (Lipinski definition) is 1. The minimum absolute atomic E-state index is 0.366. The summed E-state index contributed by atoms with van der Waals surface area (Å²) < 4.78 is 0. The maximum Gasteiger partial charge on any atom is 0.0464 e. The molecule has 1 aromatic rings. The van der Waals surface area contributed by atoms with Crippen LogP contribution in [0.4, 0.5) is 0 Å². The van der Waals surface area contributed by atoms with Crippen LogP contribution in [0.1, 0.15) is 25.3 Å². The van der Waals surface area contributed by atoms with Gasteiger partial charge in [0, 0.05) is 6.61 Å². The molecule has 1 fully saturated rings. The van der Waals surface area contributed by atoms with E-state index in [1.54, 1.807) is 0 Å². The Morgan fingerprint density at radius 2 is 2.07 bits per heavy atom. The molecule has 14 heavy (non-hydrogen) atoms. The molecule has 1 nitrogen and oxygen atoms in total. The van der Waals surface area contributed by atoms with Crippen LogP contribution < -0.4 is 0 Å². The van der Waals surface area contributed by atoms with Crippen LogP contribution in [0, 0.1) is 11.3 Å². The number of benzene rings is 1. The van der Waals surface area contributed by atoms with Gasteiger partial charge in [0.15, 0.2) is 0 Å². The highest BCUT2D eigenvalue weighted by Crippen LogP contribution is 2.54. The molecule has 2 rings (SSSR count). The third-order valence-corrected chi connectivity index (χ3v) is 3.59. The first-order valence-corrected chi connectivity index (χ1v) is 5.39. The molecule has 1 saturated carbocycles. The van der Waals surface area contributed by atoms with E-state index in [9.17, 15) is 0 Å². The summed E-state index contributed by atoms with van der Waals surface area (Å²) in [6.07, 6.45) is 3.56. The first-order valence-electron chi connectivity index (χ1n) is 5.39. The maximum atomic E-state index is 9.04. The lowest BCUT2D eigenvalue weighted by atomic mass is 9.96. The average Bonchev–Trinajstić information content (AvgIpc) is 2.89. The molecule has 1 heteroatoms. The van der Waals surface area contributed by atoms with Gasteiger partial charge in [0.1, 0.15) is 0 Å². The van der Waals surface area contributed by atoms with E-state index in [0.29, 0.717) is 17.9 Å². The van der Waals surface area contributed by atoms with Gasteiger partial charge in [-0.15, -0.1) is 0 Å². The number of hydrogen-bond donors (Lipinski definition) is 1. The Bertz CT molecular complexity index is 293. The SMILES string of the molecule is C[C@]1(CCc2ccccc2)C[C@H]1CO. The molecule has 1 N–H and O–H groups in total. The highest BCUT2D eigenvalue weighted by atomic mass is 16.3. The Morgan fingerprint density at radius 1 is 1.36 bits per heavy atom. The molecule has 0 radical (unpaired) electrons. The van der Waals surface area contributed by atoms with Gasteiger partial charge >= 0.3 is 0 Å². The molecule has 0 saturated heterocycles. The summed E-state index contributed by atoms with van der Waals surface area (Å²) in [5, 5.41) is 9.04. The highest BCUT2D eigenvalue weighted by Gasteiger charge is 2.48. The van der Waals surface area contributed by atoms with Gasteiger partial charge in [-0.3, -0.25) is 0 Å². The third-order valence-electron chi connectivity index (χ3n) is 3.59. The molecule has 0 unspecified atom stereocenters. The number of aryl methyl sites for hydroxylation is 1. The molecule has 76 valence electrons. The van der Waals surface area contributed by atoms with Crippen LogP contribution in [-0.4, -0.2) is 11.7 Å². The summed E-state index contributed by atoms with van der Waals surface area (Å²) >= 11 is 0. The predicted octanol–water partition coefficient (Wildman–Crippen LogP) is 2.64. The van der Waals surface area contributed by atoms with Gasteiger partial charge in [-0.25, -0.2) is 0 Å². The summed E-state index contributed by atoms with van der Waals surface area (Å²) in [4.78, 5) is 0. The molecule has 0 aliphatic heterocycles. The third kappa shape index (κ3) is 1.98. The van der Waals surface area contributed by atoms with Crippen LogP contribution >= 0.6 is 0 Å². The van der Waals surface area contributed by atoms with Crippen molar-refractivity contribution in [1.29, 1.82) is 0 Å². The lowest BCUT2D eigenvalue weighted by molar-refractivity contribution is 0.250. The van der Waals surface area contributed by atoms with E-state index < -0.39 is 0 Å². The van der Waals surface area contributed by atoms with Crippen molar-refractivity contribution in [2.75, 3.05) is 6.61 Å². The molecular formula is C13H18O. The van der Waals surface area contributed by atoms with Crippen molar-refractivity contribution >= 4 is 0 Å². The van der Waals surface area contributed by atoms with E-state index in [1.807, 2.05) is 0 Å². The Morgan fingerprint density at radius 3 is 2.64 bits per heavy atom. The van der Waals surface area contributed by atoms with E-state index in [1.165, 1.54) is 18.4 Å². The van der Waals surface area contributed by atoms with Crippen LogP contribution in [0.15, 0.2) is 30.3 Å². The van der Waals surface area contributed by atoms with E-state index in [0.717, 1.165) is 6.42 Å². The van der Waals surface area contributed by atoms with Crippen LogP contribution in [0.5, 0.6) is 0 Å². The Kier molecular flexibility index (Phi) is 2.60. The highest BCUT2D eigenvalue weighted by molar-refractivity contribution is 5.15. The molecule has 1 aliphatic rings. The van der Waals surface area contributed by atoms with Crippen LogP contribution in [0.3, 0.4) is 0 Å². The summed E-state index contributed by atoms with van der Waals surface area (Å²) in [7, 11) is 0. The van der Waals surface area contributed by atoms with Crippen LogP contribution in [0.2, 0.25) is 0 Å². The summed E-state index contributed by atoms with van der Waals surface area (Å²) in [5.41, 5.74) is 1.84. The molecule has 0 bridgehead atoms. The topological polar surface area (TPSA) is 20.2 Å². The Labute approximate surface area is 85.8 Å². The van der Waals surface area contributed by atoms with E-state index in [4.69, 9.17) is 5.11 Å². The van der Waals surface area contributed by atoms with Crippen molar-refractivity contribution in [3.8, 4) is 0 Å². The first kappa shape index (κ1) is 9.72. The largest absolute Gasteiger partial charge is 0.396 e. The smallest absolute Gasteiger partial charge is 0.0464 e. The minimum Gasteiger partial charge on any atom is -0.396 e. The van der Waals surface area contributed by atoms with Gasteiger partial charge in [0.25, 0.3) is 0 Å². The van der Waals surface area contributed by atoms with Crippen molar-refractivity contribution in [2.24, 2.45) is 11.3 Å². The Balaban J connectivity index is 1.84. The zero-order valence-corrected chi connectivity index (χ0v) is 8.74. The molecule has 1 aromatic carbocycles. The van der Waals surface area contributed by atoms with Gasteiger partial charge in [-0.1, -0.05) is 37.3 Å². The summed E-state index contributed by atoms with van der Waals surface area (Å²) in [5.74, 6) is 0.561. The van der Waals surface area contributed by atoms with Gasteiger partial charge in [0.2, 0.25) is 0 Å². The lowest BCUT2D eigenvalue weighted by Gasteiger charge is -2.09. The van der Waals surface area contributed by atoms with E-state index in [2.05, 4.69) is 37.3 Å². The van der Waals surface area contributed by atoms with Crippen molar-refractivity contribution in [3.05, 3.63) is 35.9 Å². The molecular weight excluding hydrogens is 172 g/mol. The van der Waals surface area contributed by atoms with Gasteiger partial charge in [0.05, 0.1) is 0 Å². The van der Waals surface area contributed by atoms with E-state index >= 15 is 0 Å². The van der Waals surface area contributed by atoms with Crippen molar-refractivity contribution in [2.45, 2.75) is 26.2 Å². The predicted molar refractivity (Wildman–Crippen MR) is 58.1 cm³/mol. The summed E-state index contributed by atoms with van der Waals surface area (Å²) in [6, 6.07) is 10.6. The maximum absolute atomic E-state index is 9.04. The quantitative estimate of drug-likeness (QED) is 0.774. The lowest BCUT2D eigenvalue weighted by Crippen LogP contribution is -2.03. The molecule has 0 heterocycles. The molecule has 0 spiro atoms. The molecule has 0 aromatic heterocycles. The minimum atomic E-state index is 0.366. The van der Waals surface area contributed by atoms with Gasteiger partial charge < -0.3 is 5.11 Å². The normalized spacial score (nSPS) is 30.3. The molecule has 2 atom stereocenters.